The summed E-state index contributed by atoms with van der Waals surface area (Å²) in [6.07, 6.45) is 0. The number of rotatable bonds is 6. The van der Waals surface area contributed by atoms with Crippen molar-refractivity contribution >= 4 is 91.3 Å². The molecular weight excluding hydrogens is 578 g/mol. The zero-order chi connectivity index (χ0) is 27.6. The van der Waals surface area contributed by atoms with Crippen molar-refractivity contribution in [2.45, 2.75) is 0 Å². The maximum absolute atomic E-state index is 6.31. The minimum atomic E-state index is 0.669. The average Bonchev–Trinajstić information content (AvgIpc) is 2.97. The Labute approximate surface area is 253 Å². The van der Waals surface area contributed by atoms with E-state index in [9.17, 15) is 0 Å². The van der Waals surface area contributed by atoms with Crippen molar-refractivity contribution in [2.75, 3.05) is 9.80 Å². The van der Waals surface area contributed by atoms with Gasteiger partial charge in [0, 0.05) is 42.8 Å². The monoisotopic (exact) mass is 598 g/mol. The Kier molecular flexibility index (Phi) is 7.60. The first-order chi connectivity index (χ1) is 19.5. The summed E-state index contributed by atoms with van der Waals surface area (Å²) in [6.45, 7) is 0. The highest BCUT2D eigenvalue weighted by Gasteiger charge is 2.23. The van der Waals surface area contributed by atoms with Gasteiger partial charge in [0.25, 0.3) is 0 Å². The van der Waals surface area contributed by atoms with Gasteiger partial charge in [0.05, 0.1) is 11.4 Å². The summed E-state index contributed by atoms with van der Waals surface area (Å²) in [6, 6.07) is 44.1. The molecule has 0 aliphatic carbocycles. The highest BCUT2D eigenvalue weighted by atomic mass is 35.5. The van der Waals surface area contributed by atoms with Crippen LogP contribution in [0.4, 0.5) is 34.1 Å². The molecule has 0 atom stereocenters. The maximum Gasteiger partial charge on any atom is 0.0708 e. The molecule has 0 saturated carbocycles. The summed E-state index contributed by atoms with van der Waals surface area (Å²) < 4.78 is 0. The minimum absolute atomic E-state index is 0.669. The van der Waals surface area contributed by atoms with Crippen LogP contribution in [0.25, 0.3) is 10.8 Å². The standard InChI is InChI=1S/C34H22Cl4N2/c35-25-5-13-29(14-6-25)39(30-15-7-26(36)8-16-30)33-21-23-3-1-2-4-24(23)22-34(33)40(31-17-9-27(37)10-18-31)32-19-11-28(38)12-20-32/h1-22H. The molecule has 0 unspecified atom stereocenters. The van der Waals surface area contributed by atoms with Gasteiger partial charge < -0.3 is 9.80 Å². The Morgan fingerprint density at radius 1 is 0.325 bits per heavy atom. The number of anilines is 6. The van der Waals surface area contributed by atoms with Crippen LogP contribution in [-0.2, 0) is 0 Å². The third kappa shape index (κ3) is 5.50. The van der Waals surface area contributed by atoms with Gasteiger partial charge in [-0.15, -0.1) is 0 Å². The van der Waals surface area contributed by atoms with Crippen LogP contribution in [0.2, 0.25) is 20.1 Å². The van der Waals surface area contributed by atoms with Gasteiger partial charge in [0.1, 0.15) is 0 Å². The van der Waals surface area contributed by atoms with Crippen molar-refractivity contribution in [3.8, 4) is 0 Å². The van der Waals surface area contributed by atoms with Gasteiger partial charge in [0.15, 0.2) is 0 Å². The Morgan fingerprint density at radius 2 is 0.575 bits per heavy atom. The average molecular weight is 600 g/mol. The Balaban J connectivity index is 1.68. The van der Waals surface area contributed by atoms with E-state index >= 15 is 0 Å². The summed E-state index contributed by atoms with van der Waals surface area (Å²) in [7, 11) is 0. The number of halogens is 4. The second kappa shape index (κ2) is 11.4. The lowest BCUT2D eigenvalue weighted by atomic mass is 10.0. The first-order valence-electron chi connectivity index (χ1n) is 12.6. The van der Waals surface area contributed by atoms with Crippen molar-refractivity contribution in [3.05, 3.63) is 154 Å². The van der Waals surface area contributed by atoms with E-state index in [0.717, 1.165) is 44.9 Å². The van der Waals surface area contributed by atoms with E-state index in [2.05, 4.69) is 46.2 Å². The van der Waals surface area contributed by atoms with Crippen LogP contribution in [0.15, 0.2) is 133 Å². The van der Waals surface area contributed by atoms with Crippen molar-refractivity contribution in [1.29, 1.82) is 0 Å². The lowest BCUT2D eigenvalue weighted by molar-refractivity contribution is 1.23. The minimum Gasteiger partial charge on any atom is -0.308 e. The van der Waals surface area contributed by atoms with Crippen molar-refractivity contribution in [2.24, 2.45) is 0 Å². The molecule has 0 spiro atoms. The summed E-state index contributed by atoms with van der Waals surface area (Å²) in [5.41, 5.74) is 5.75. The zero-order valence-electron chi connectivity index (χ0n) is 21.1. The molecule has 0 fully saturated rings. The van der Waals surface area contributed by atoms with Crippen LogP contribution in [0, 0.1) is 0 Å². The second-order valence-electron chi connectivity index (χ2n) is 9.26. The molecule has 0 amide bonds. The number of hydrogen-bond donors (Lipinski definition) is 0. The second-order valence-corrected chi connectivity index (χ2v) is 11.0. The largest absolute Gasteiger partial charge is 0.308 e. The quantitative estimate of drug-likeness (QED) is 0.188. The van der Waals surface area contributed by atoms with Crippen LogP contribution < -0.4 is 9.80 Å². The van der Waals surface area contributed by atoms with Gasteiger partial charge in [-0.1, -0.05) is 70.7 Å². The molecule has 6 rings (SSSR count). The van der Waals surface area contributed by atoms with E-state index in [1.807, 2.05) is 97.1 Å². The topological polar surface area (TPSA) is 6.48 Å². The van der Waals surface area contributed by atoms with E-state index in [1.165, 1.54) is 0 Å². The third-order valence-corrected chi connectivity index (χ3v) is 7.67. The van der Waals surface area contributed by atoms with Crippen molar-refractivity contribution < 1.29 is 0 Å². The molecule has 0 aliphatic rings. The normalized spacial score (nSPS) is 11.0. The molecule has 2 nitrogen and oxygen atoms in total. The molecule has 0 aliphatic heterocycles. The Morgan fingerprint density at radius 3 is 0.825 bits per heavy atom. The Bertz CT molecular complexity index is 1540. The van der Waals surface area contributed by atoms with E-state index in [1.54, 1.807) is 0 Å². The molecule has 0 N–H and O–H groups in total. The lowest BCUT2D eigenvalue weighted by Gasteiger charge is -2.33. The molecular formula is C34H22Cl4N2. The summed E-state index contributed by atoms with van der Waals surface area (Å²) in [4.78, 5) is 4.43. The highest BCUT2D eigenvalue weighted by Crippen LogP contribution is 2.47. The smallest absolute Gasteiger partial charge is 0.0708 e. The van der Waals surface area contributed by atoms with Gasteiger partial charge in [-0.2, -0.15) is 0 Å². The van der Waals surface area contributed by atoms with E-state index in [-0.39, 0.29) is 0 Å². The maximum atomic E-state index is 6.31. The SMILES string of the molecule is Clc1ccc(N(c2ccc(Cl)cc2)c2cc3ccccc3cc2N(c2ccc(Cl)cc2)c2ccc(Cl)cc2)cc1. The first kappa shape index (κ1) is 26.6. The molecule has 0 bridgehead atoms. The fraction of sp³-hybridized carbons (Fsp3) is 0. The van der Waals surface area contributed by atoms with Gasteiger partial charge >= 0.3 is 0 Å². The van der Waals surface area contributed by atoms with Crippen LogP contribution in [0.1, 0.15) is 0 Å². The fourth-order valence-electron chi connectivity index (χ4n) is 4.79. The number of nitrogens with zero attached hydrogens (tertiary/aromatic N) is 2. The van der Waals surface area contributed by atoms with Gasteiger partial charge in [-0.05, 0) is 120 Å². The summed E-state index contributed by atoms with van der Waals surface area (Å²) in [5, 5.41) is 4.90. The molecule has 0 saturated heterocycles. The fourth-order valence-corrected chi connectivity index (χ4v) is 5.29. The van der Waals surface area contributed by atoms with Gasteiger partial charge in [0.2, 0.25) is 0 Å². The van der Waals surface area contributed by atoms with E-state index < -0.39 is 0 Å². The first-order valence-corrected chi connectivity index (χ1v) is 14.1. The lowest BCUT2D eigenvalue weighted by Crippen LogP contribution is -2.17. The van der Waals surface area contributed by atoms with E-state index in [0.29, 0.717) is 20.1 Å². The molecule has 6 aromatic carbocycles. The molecule has 0 radical (unpaired) electrons. The summed E-state index contributed by atoms with van der Waals surface area (Å²) >= 11 is 25.2. The Hall–Kier alpha value is -3.66. The number of benzene rings is 6. The number of fused-ring (bicyclic) bond motifs is 1. The van der Waals surface area contributed by atoms with E-state index in [4.69, 9.17) is 46.4 Å². The van der Waals surface area contributed by atoms with Crippen LogP contribution >= 0.6 is 46.4 Å². The highest BCUT2D eigenvalue weighted by molar-refractivity contribution is 6.31. The predicted molar refractivity (Wildman–Crippen MR) is 173 cm³/mol. The number of hydrogen-bond acceptors (Lipinski definition) is 2. The van der Waals surface area contributed by atoms with Crippen molar-refractivity contribution in [3.63, 3.8) is 0 Å². The van der Waals surface area contributed by atoms with Crippen LogP contribution in [0.3, 0.4) is 0 Å². The molecule has 0 aromatic heterocycles. The zero-order valence-corrected chi connectivity index (χ0v) is 24.1. The van der Waals surface area contributed by atoms with Crippen molar-refractivity contribution in [1.82, 2.24) is 0 Å². The molecule has 0 heterocycles. The third-order valence-electron chi connectivity index (χ3n) is 6.66. The predicted octanol–water partition coefficient (Wildman–Crippen LogP) is 12.4. The molecule has 40 heavy (non-hydrogen) atoms. The molecule has 6 aromatic rings. The summed E-state index contributed by atoms with van der Waals surface area (Å²) in [5.74, 6) is 0. The molecule has 196 valence electrons. The van der Waals surface area contributed by atoms with Crippen LogP contribution in [0.5, 0.6) is 0 Å². The van der Waals surface area contributed by atoms with Gasteiger partial charge in [-0.25, -0.2) is 0 Å². The molecule has 6 heteroatoms. The van der Waals surface area contributed by atoms with Crippen LogP contribution in [-0.4, -0.2) is 0 Å². The van der Waals surface area contributed by atoms with Gasteiger partial charge in [-0.3, -0.25) is 0 Å².